The van der Waals surface area contributed by atoms with Crippen molar-refractivity contribution in [3.63, 3.8) is 0 Å². The molecule has 3 N–H and O–H groups in total. The van der Waals surface area contributed by atoms with Crippen LogP contribution < -0.4 is 11.1 Å². The topological polar surface area (TPSA) is 75.4 Å². The van der Waals surface area contributed by atoms with Crippen LogP contribution in [0.15, 0.2) is 0 Å². The molecule has 16 heavy (non-hydrogen) atoms. The number of hydrogen-bond acceptors (Lipinski definition) is 3. The Morgan fingerprint density at radius 2 is 2.12 bits per heavy atom. The Morgan fingerprint density at radius 1 is 1.50 bits per heavy atom. The van der Waals surface area contributed by atoms with Crippen LogP contribution in [-0.2, 0) is 9.59 Å². The van der Waals surface area contributed by atoms with E-state index < -0.39 is 6.04 Å². The first-order chi connectivity index (χ1) is 7.09. The summed E-state index contributed by atoms with van der Waals surface area (Å²) in [6, 6.07) is -0.253. The minimum absolute atomic E-state index is 0. The molecule has 92 valence electrons. The van der Waals surface area contributed by atoms with Crippen molar-refractivity contribution in [1.82, 2.24) is 10.2 Å². The van der Waals surface area contributed by atoms with Gasteiger partial charge in [0.15, 0.2) is 0 Å². The molecule has 0 radical (unpaired) electrons. The van der Waals surface area contributed by atoms with E-state index in [1.54, 1.807) is 6.92 Å². The molecule has 3 atom stereocenters. The number of carbonyl (C=O) groups is 2. The van der Waals surface area contributed by atoms with Gasteiger partial charge in [0, 0.05) is 25.0 Å². The lowest BCUT2D eigenvalue weighted by atomic mass is 10.1. The van der Waals surface area contributed by atoms with Crippen molar-refractivity contribution in [2.24, 2.45) is 5.73 Å². The van der Waals surface area contributed by atoms with Crippen LogP contribution in [0, 0.1) is 0 Å². The van der Waals surface area contributed by atoms with Gasteiger partial charge in [0.1, 0.15) is 0 Å². The van der Waals surface area contributed by atoms with Gasteiger partial charge in [0.05, 0.1) is 6.04 Å². The number of hydrogen-bond donors (Lipinski definition) is 2. The Bertz CT molecular complexity index is 296. The highest BCUT2D eigenvalue weighted by molar-refractivity contribution is 5.85. The van der Waals surface area contributed by atoms with Gasteiger partial charge in [-0.1, -0.05) is 0 Å². The molecule has 2 aliphatic rings. The maximum Gasteiger partial charge on any atom is 0.239 e. The predicted molar refractivity (Wildman–Crippen MR) is 62.2 cm³/mol. The molecule has 0 aliphatic carbocycles. The van der Waals surface area contributed by atoms with E-state index in [0.717, 1.165) is 12.8 Å². The number of nitrogens with two attached hydrogens (primary N) is 1. The fraction of sp³-hybridized carbons (Fsp3) is 0.800. The van der Waals surface area contributed by atoms with Crippen LogP contribution in [0.2, 0.25) is 0 Å². The van der Waals surface area contributed by atoms with Crippen molar-refractivity contribution >= 4 is 24.2 Å². The number of nitrogens with zero attached hydrogens (tertiary/aromatic N) is 1. The monoisotopic (exact) mass is 247 g/mol. The van der Waals surface area contributed by atoms with Gasteiger partial charge in [-0.2, -0.15) is 0 Å². The molecule has 0 spiro atoms. The van der Waals surface area contributed by atoms with E-state index >= 15 is 0 Å². The lowest BCUT2D eigenvalue weighted by Gasteiger charge is -2.28. The molecule has 2 saturated heterocycles. The summed E-state index contributed by atoms with van der Waals surface area (Å²) in [6.45, 7) is 2.27. The second-order valence-electron chi connectivity index (χ2n) is 4.43. The fourth-order valence-corrected chi connectivity index (χ4v) is 2.47. The Hall–Kier alpha value is -0.810. The van der Waals surface area contributed by atoms with E-state index in [0.29, 0.717) is 13.0 Å². The van der Waals surface area contributed by atoms with Gasteiger partial charge in [-0.25, -0.2) is 0 Å². The maximum absolute atomic E-state index is 11.9. The average Bonchev–Trinajstić information content (AvgIpc) is 2.47. The molecule has 5 nitrogen and oxygen atoms in total. The van der Waals surface area contributed by atoms with Crippen molar-refractivity contribution in [1.29, 1.82) is 0 Å². The quantitative estimate of drug-likeness (QED) is 0.664. The van der Waals surface area contributed by atoms with Gasteiger partial charge in [-0.3, -0.25) is 9.59 Å². The third-order valence-corrected chi connectivity index (χ3v) is 3.22. The number of halogens is 1. The summed E-state index contributed by atoms with van der Waals surface area (Å²) in [5, 5.41) is 2.83. The first-order valence-electron chi connectivity index (χ1n) is 5.44. The van der Waals surface area contributed by atoms with Gasteiger partial charge in [-0.05, 0) is 19.8 Å². The molecular weight excluding hydrogens is 230 g/mol. The highest BCUT2D eigenvalue weighted by atomic mass is 35.5. The number of amides is 2. The normalized spacial score (nSPS) is 30.1. The van der Waals surface area contributed by atoms with E-state index in [1.165, 1.54) is 0 Å². The SMILES string of the molecule is C[C@@H](N)C(=O)N1C2CCC1CC(=O)NC2.Cl. The maximum atomic E-state index is 11.9. The van der Waals surface area contributed by atoms with Crippen LogP contribution in [-0.4, -0.2) is 41.4 Å². The zero-order valence-electron chi connectivity index (χ0n) is 9.31. The van der Waals surface area contributed by atoms with E-state index in [1.807, 2.05) is 4.90 Å². The third-order valence-electron chi connectivity index (χ3n) is 3.22. The van der Waals surface area contributed by atoms with Gasteiger partial charge >= 0.3 is 0 Å². The number of fused-ring (bicyclic) bond motifs is 2. The van der Waals surface area contributed by atoms with Crippen LogP contribution >= 0.6 is 12.4 Å². The lowest BCUT2D eigenvalue weighted by molar-refractivity contribution is -0.134. The van der Waals surface area contributed by atoms with Gasteiger partial charge in [-0.15, -0.1) is 12.4 Å². The Kier molecular flexibility index (Phi) is 4.15. The lowest BCUT2D eigenvalue weighted by Crippen LogP contribution is -2.49. The van der Waals surface area contributed by atoms with Crippen molar-refractivity contribution in [3.8, 4) is 0 Å². The average molecular weight is 248 g/mol. The van der Waals surface area contributed by atoms with Crippen LogP contribution in [0.1, 0.15) is 26.2 Å². The summed E-state index contributed by atoms with van der Waals surface area (Å²) < 4.78 is 0. The van der Waals surface area contributed by atoms with Crippen LogP contribution in [0.25, 0.3) is 0 Å². The zero-order valence-corrected chi connectivity index (χ0v) is 10.1. The first-order valence-corrected chi connectivity index (χ1v) is 5.44. The molecule has 2 aliphatic heterocycles. The van der Waals surface area contributed by atoms with Gasteiger partial charge in [0.25, 0.3) is 0 Å². The molecule has 0 aromatic heterocycles. The van der Waals surface area contributed by atoms with Crippen molar-refractivity contribution in [2.45, 2.75) is 44.3 Å². The molecule has 0 aromatic carbocycles. The van der Waals surface area contributed by atoms with Gasteiger partial charge < -0.3 is 16.0 Å². The largest absolute Gasteiger partial charge is 0.354 e. The van der Waals surface area contributed by atoms with Crippen LogP contribution in [0.4, 0.5) is 0 Å². The summed E-state index contributed by atoms with van der Waals surface area (Å²) >= 11 is 0. The molecule has 2 heterocycles. The zero-order chi connectivity index (χ0) is 11.0. The Labute approximate surface area is 101 Å². The molecule has 2 unspecified atom stereocenters. The van der Waals surface area contributed by atoms with Crippen LogP contribution in [0.5, 0.6) is 0 Å². The van der Waals surface area contributed by atoms with Gasteiger partial charge in [0.2, 0.25) is 11.8 Å². The summed E-state index contributed by atoms with van der Waals surface area (Å²) in [5.41, 5.74) is 5.61. The highest BCUT2D eigenvalue weighted by Crippen LogP contribution is 2.28. The Balaban J connectivity index is 0.00000128. The second kappa shape index (κ2) is 5.01. The molecule has 2 fully saturated rings. The third kappa shape index (κ3) is 2.30. The summed E-state index contributed by atoms with van der Waals surface area (Å²) in [4.78, 5) is 25.0. The number of nitrogens with one attached hydrogen (secondary N) is 1. The first kappa shape index (κ1) is 13.3. The molecule has 0 saturated carbocycles. The number of rotatable bonds is 1. The highest BCUT2D eigenvalue weighted by Gasteiger charge is 2.40. The van der Waals surface area contributed by atoms with Crippen LogP contribution in [0.3, 0.4) is 0 Å². The second-order valence-corrected chi connectivity index (χ2v) is 4.43. The van der Waals surface area contributed by atoms with E-state index in [-0.39, 0.29) is 36.3 Å². The van der Waals surface area contributed by atoms with E-state index in [4.69, 9.17) is 5.73 Å². The van der Waals surface area contributed by atoms with Crippen molar-refractivity contribution in [2.75, 3.05) is 6.54 Å². The minimum atomic E-state index is -0.471. The van der Waals surface area contributed by atoms with E-state index in [9.17, 15) is 9.59 Å². The standard InChI is InChI=1S/C10H17N3O2.ClH/c1-6(11)10(15)13-7-2-3-8(13)5-12-9(14)4-7;/h6-8H,2-5,11H2,1H3,(H,12,14);1H/t6-,7?,8?;/m1./s1. The summed E-state index contributed by atoms with van der Waals surface area (Å²) in [6.07, 6.45) is 2.33. The van der Waals surface area contributed by atoms with E-state index in [2.05, 4.69) is 5.32 Å². The molecule has 0 aromatic rings. The molecule has 2 rings (SSSR count). The van der Waals surface area contributed by atoms with Crippen molar-refractivity contribution < 1.29 is 9.59 Å². The summed E-state index contributed by atoms with van der Waals surface area (Å²) in [5.74, 6) is 0.0173. The minimum Gasteiger partial charge on any atom is -0.354 e. The van der Waals surface area contributed by atoms with Crippen molar-refractivity contribution in [3.05, 3.63) is 0 Å². The molecular formula is C10H18ClN3O2. The fourth-order valence-electron chi connectivity index (χ4n) is 2.47. The summed E-state index contributed by atoms with van der Waals surface area (Å²) in [7, 11) is 0. The molecule has 6 heteroatoms. The predicted octanol–water partition coefficient (Wildman–Crippen LogP) is -0.365. The Morgan fingerprint density at radius 3 is 2.75 bits per heavy atom. The molecule has 2 bridgehead atoms. The smallest absolute Gasteiger partial charge is 0.239 e. The molecule has 2 amide bonds. The number of carbonyl (C=O) groups excluding carboxylic acids is 2.